The molecule has 98 valence electrons. The molecule has 0 bridgehead atoms. The Morgan fingerprint density at radius 1 is 0.812 bits per heavy atom. The second-order valence-corrected chi connectivity index (χ2v) is 4.72. The van der Waals surface area contributed by atoms with E-state index in [1.54, 1.807) is 0 Å². The Morgan fingerprint density at radius 3 is 2.19 bits per heavy atom. The first-order valence-electron chi connectivity index (χ1n) is 7.26. The fourth-order valence-corrected chi connectivity index (χ4v) is 1.89. The third-order valence-electron chi connectivity index (χ3n) is 3.11. The molecular formula is C14H32N2. The molecule has 2 N–H and O–H groups in total. The minimum absolute atomic E-state index is 0.892. The highest BCUT2D eigenvalue weighted by molar-refractivity contribution is 4.61. The normalized spacial score (nSPS) is 12.9. The van der Waals surface area contributed by atoms with Crippen LogP contribution in [0.3, 0.4) is 0 Å². The van der Waals surface area contributed by atoms with Gasteiger partial charge in [-0.3, -0.25) is 0 Å². The fourth-order valence-electron chi connectivity index (χ4n) is 1.89. The van der Waals surface area contributed by atoms with E-state index in [0.29, 0.717) is 0 Å². The zero-order valence-corrected chi connectivity index (χ0v) is 11.6. The van der Waals surface area contributed by atoms with Crippen LogP contribution in [-0.2, 0) is 0 Å². The van der Waals surface area contributed by atoms with Crippen molar-refractivity contribution >= 4 is 0 Å². The summed E-state index contributed by atoms with van der Waals surface area (Å²) in [5.74, 6) is 0.892. The summed E-state index contributed by atoms with van der Waals surface area (Å²) in [7, 11) is 0. The Hall–Kier alpha value is -0.0800. The Morgan fingerprint density at radius 2 is 1.56 bits per heavy atom. The molecule has 0 aromatic carbocycles. The molecule has 0 saturated carbocycles. The molecule has 0 heterocycles. The highest BCUT2D eigenvalue weighted by Gasteiger charge is 2.04. The van der Waals surface area contributed by atoms with Crippen molar-refractivity contribution in [1.29, 1.82) is 0 Å². The smallest absolute Gasteiger partial charge is 0.00206 e. The summed E-state index contributed by atoms with van der Waals surface area (Å²) in [5, 5.41) is 7.01. The van der Waals surface area contributed by atoms with Crippen molar-refractivity contribution in [3.8, 4) is 0 Å². The van der Waals surface area contributed by atoms with Crippen molar-refractivity contribution in [2.75, 3.05) is 26.2 Å². The predicted octanol–water partition coefficient (Wildman–Crippen LogP) is 3.18. The van der Waals surface area contributed by atoms with E-state index in [4.69, 9.17) is 0 Å². The summed E-state index contributed by atoms with van der Waals surface area (Å²) in [6.07, 6.45) is 7.93. The van der Waals surface area contributed by atoms with Gasteiger partial charge in [-0.2, -0.15) is 0 Å². The molecule has 0 saturated heterocycles. The van der Waals surface area contributed by atoms with E-state index in [1.807, 2.05) is 0 Å². The van der Waals surface area contributed by atoms with Crippen molar-refractivity contribution in [2.24, 2.45) is 5.92 Å². The van der Waals surface area contributed by atoms with Crippen molar-refractivity contribution in [3.05, 3.63) is 0 Å². The number of rotatable bonds is 12. The summed E-state index contributed by atoms with van der Waals surface area (Å²) in [6.45, 7) is 11.5. The average Bonchev–Trinajstić information content (AvgIpc) is 2.32. The van der Waals surface area contributed by atoms with Gasteiger partial charge in [0.25, 0.3) is 0 Å². The molecule has 0 rings (SSSR count). The van der Waals surface area contributed by atoms with Gasteiger partial charge in [0.1, 0.15) is 0 Å². The average molecular weight is 228 g/mol. The van der Waals surface area contributed by atoms with E-state index >= 15 is 0 Å². The Bertz CT molecular complexity index is 126. The van der Waals surface area contributed by atoms with Crippen LogP contribution in [0.1, 0.15) is 59.3 Å². The summed E-state index contributed by atoms with van der Waals surface area (Å²) in [4.78, 5) is 0. The molecule has 2 heteroatoms. The van der Waals surface area contributed by atoms with Crippen LogP contribution >= 0.6 is 0 Å². The number of nitrogens with one attached hydrogen (secondary N) is 2. The van der Waals surface area contributed by atoms with Crippen LogP contribution in [0.25, 0.3) is 0 Å². The molecule has 0 aromatic heterocycles. The first-order valence-corrected chi connectivity index (χ1v) is 7.26. The topological polar surface area (TPSA) is 24.1 Å². The molecule has 0 fully saturated rings. The monoisotopic (exact) mass is 228 g/mol. The van der Waals surface area contributed by atoms with E-state index < -0.39 is 0 Å². The van der Waals surface area contributed by atoms with Gasteiger partial charge in [-0.05, 0) is 51.4 Å². The molecule has 1 unspecified atom stereocenters. The summed E-state index contributed by atoms with van der Waals surface area (Å²) in [5.41, 5.74) is 0. The Labute approximate surface area is 103 Å². The zero-order valence-electron chi connectivity index (χ0n) is 11.6. The molecule has 1 atom stereocenters. The second kappa shape index (κ2) is 13.0. The minimum atomic E-state index is 0.892. The highest BCUT2D eigenvalue weighted by Crippen LogP contribution is 2.10. The maximum absolute atomic E-state index is 3.58. The quantitative estimate of drug-likeness (QED) is 0.501. The highest BCUT2D eigenvalue weighted by atomic mass is 14.9. The summed E-state index contributed by atoms with van der Waals surface area (Å²) < 4.78 is 0. The van der Waals surface area contributed by atoms with Gasteiger partial charge in [0.15, 0.2) is 0 Å². The van der Waals surface area contributed by atoms with Gasteiger partial charge in [0.2, 0.25) is 0 Å². The van der Waals surface area contributed by atoms with Gasteiger partial charge in [-0.25, -0.2) is 0 Å². The van der Waals surface area contributed by atoms with Crippen LogP contribution in [0.4, 0.5) is 0 Å². The summed E-state index contributed by atoms with van der Waals surface area (Å²) >= 11 is 0. The van der Waals surface area contributed by atoms with Gasteiger partial charge in [0.05, 0.1) is 0 Å². The lowest BCUT2D eigenvalue weighted by atomic mass is 9.99. The predicted molar refractivity (Wildman–Crippen MR) is 74.0 cm³/mol. The van der Waals surface area contributed by atoms with E-state index in [0.717, 1.165) is 19.0 Å². The number of hydrogen-bond donors (Lipinski definition) is 2. The van der Waals surface area contributed by atoms with E-state index in [1.165, 1.54) is 51.6 Å². The lowest BCUT2D eigenvalue weighted by molar-refractivity contribution is 0.417. The third kappa shape index (κ3) is 10.4. The van der Waals surface area contributed by atoms with Crippen molar-refractivity contribution < 1.29 is 0 Å². The molecular weight excluding hydrogens is 196 g/mol. The molecule has 0 amide bonds. The molecule has 0 aliphatic carbocycles. The number of unbranched alkanes of at least 4 members (excludes halogenated alkanes) is 1. The van der Waals surface area contributed by atoms with Gasteiger partial charge >= 0.3 is 0 Å². The van der Waals surface area contributed by atoms with E-state index in [-0.39, 0.29) is 0 Å². The zero-order chi connectivity index (χ0) is 12.1. The minimum Gasteiger partial charge on any atom is -0.317 e. The first-order chi connectivity index (χ1) is 7.85. The van der Waals surface area contributed by atoms with Crippen LogP contribution in [0.2, 0.25) is 0 Å². The largest absolute Gasteiger partial charge is 0.317 e. The molecule has 16 heavy (non-hydrogen) atoms. The van der Waals surface area contributed by atoms with Gasteiger partial charge in [0, 0.05) is 0 Å². The van der Waals surface area contributed by atoms with Crippen LogP contribution in [-0.4, -0.2) is 26.2 Å². The molecule has 2 nitrogen and oxygen atoms in total. The standard InChI is InChI=1S/C14H32N2/c1-4-7-9-14(6-3)13-16-12-8-11-15-10-5-2/h14-16H,4-13H2,1-3H3. The Balaban J connectivity index is 3.20. The molecule has 0 radical (unpaired) electrons. The van der Waals surface area contributed by atoms with Crippen LogP contribution in [0, 0.1) is 5.92 Å². The number of hydrogen-bond acceptors (Lipinski definition) is 2. The van der Waals surface area contributed by atoms with Crippen LogP contribution in [0.5, 0.6) is 0 Å². The van der Waals surface area contributed by atoms with Crippen LogP contribution in [0.15, 0.2) is 0 Å². The maximum atomic E-state index is 3.58. The van der Waals surface area contributed by atoms with Crippen molar-refractivity contribution in [3.63, 3.8) is 0 Å². The maximum Gasteiger partial charge on any atom is -0.00206 e. The van der Waals surface area contributed by atoms with E-state index in [9.17, 15) is 0 Å². The lowest BCUT2D eigenvalue weighted by Crippen LogP contribution is -2.26. The molecule has 0 aliphatic heterocycles. The van der Waals surface area contributed by atoms with Crippen LogP contribution < -0.4 is 10.6 Å². The molecule has 0 spiro atoms. The van der Waals surface area contributed by atoms with E-state index in [2.05, 4.69) is 31.4 Å². The lowest BCUT2D eigenvalue weighted by Gasteiger charge is -2.15. The molecule has 0 aromatic rings. The summed E-state index contributed by atoms with van der Waals surface area (Å²) in [6, 6.07) is 0. The SMILES string of the molecule is CCCCC(CC)CNCCCNCCC. The van der Waals surface area contributed by atoms with Gasteiger partial charge in [-0.15, -0.1) is 0 Å². The molecule has 0 aliphatic rings. The van der Waals surface area contributed by atoms with Gasteiger partial charge in [-0.1, -0.05) is 40.0 Å². The van der Waals surface area contributed by atoms with Crippen molar-refractivity contribution in [1.82, 2.24) is 10.6 Å². The fraction of sp³-hybridized carbons (Fsp3) is 1.00. The first kappa shape index (κ1) is 15.9. The van der Waals surface area contributed by atoms with Crippen molar-refractivity contribution in [2.45, 2.75) is 59.3 Å². The third-order valence-corrected chi connectivity index (χ3v) is 3.11. The van der Waals surface area contributed by atoms with Gasteiger partial charge < -0.3 is 10.6 Å². The second-order valence-electron chi connectivity index (χ2n) is 4.72. The Kier molecular flexibility index (Phi) is 12.9.